The van der Waals surface area contributed by atoms with Gasteiger partial charge in [0.2, 0.25) is 0 Å². The molecular weight excluding hydrogens is 232 g/mol. The first-order valence-electron chi connectivity index (χ1n) is 6.34. The summed E-state index contributed by atoms with van der Waals surface area (Å²) in [6.07, 6.45) is 5.13. The minimum atomic E-state index is -0.314. The molecule has 0 saturated carbocycles. The fourth-order valence-corrected chi connectivity index (χ4v) is 2.96. The average molecular weight is 252 g/mol. The number of aromatic nitrogens is 2. The molecule has 1 aliphatic rings. The fraction of sp³-hybridized carbons (Fsp3) is 0.692. The minimum Gasteiger partial charge on any atom is -0.370 e. The van der Waals surface area contributed by atoms with Crippen molar-refractivity contribution in [2.75, 3.05) is 7.11 Å². The summed E-state index contributed by atoms with van der Waals surface area (Å²) in [5.74, 6) is 0.899. The highest BCUT2D eigenvalue weighted by Crippen LogP contribution is 2.31. The molecule has 0 bridgehead atoms. The predicted octanol–water partition coefficient (Wildman–Crippen LogP) is 3.29. The molecule has 0 unspecified atom stereocenters. The van der Waals surface area contributed by atoms with Crippen LogP contribution in [0.5, 0.6) is 0 Å². The Kier molecular flexibility index (Phi) is 3.64. The van der Waals surface area contributed by atoms with Crippen LogP contribution in [0.4, 0.5) is 0 Å². The van der Waals surface area contributed by atoms with Crippen LogP contribution < -0.4 is 0 Å². The lowest BCUT2D eigenvalue weighted by molar-refractivity contribution is -0.0293. The van der Waals surface area contributed by atoms with E-state index < -0.39 is 0 Å². The van der Waals surface area contributed by atoms with Crippen LogP contribution in [-0.2, 0) is 23.2 Å². The molecule has 17 heavy (non-hydrogen) atoms. The first-order valence-corrected chi connectivity index (χ1v) is 6.75. The smallest absolute Gasteiger partial charge is 0.140 e. The average Bonchev–Trinajstić information content (AvgIpc) is 2.81. The number of fused-ring (bicyclic) bond motifs is 1. The van der Waals surface area contributed by atoms with Gasteiger partial charge in [-0.25, -0.2) is 4.98 Å². The van der Waals surface area contributed by atoms with Crippen molar-refractivity contribution < 1.29 is 4.74 Å². The zero-order chi connectivity index (χ0) is 12.5. The summed E-state index contributed by atoms with van der Waals surface area (Å²) < 4.78 is 6.46. The molecule has 3 nitrogen and oxygen atoms in total. The van der Waals surface area contributed by atoms with E-state index in [4.69, 9.17) is 17.0 Å². The third-order valence-electron chi connectivity index (χ3n) is 3.92. The normalized spacial score (nSPS) is 15.0. The van der Waals surface area contributed by atoms with E-state index in [1.165, 1.54) is 17.7 Å². The van der Waals surface area contributed by atoms with Crippen molar-refractivity contribution in [1.82, 2.24) is 9.97 Å². The second-order valence-electron chi connectivity index (χ2n) is 4.61. The summed E-state index contributed by atoms with van der Waals surface area (Å²) in [6, 6.07) is 0. The van der Waals surface area contributed by atoms with Gasteiger partial charge in [-0.05, 0) is 32.1 Å². The van der Waals surface area contributed by atoms with Gasteiger partial charge >= 0.3 is 0 Å². The van der Waals surface area contributed by atoms with Gasteiger partial charge in [-0.15, -0.1) is 0 Å². The third kappa shape index (κ3) is 2.04. The highest BCUT2D eigenvalue weighted by atomic mass is 32.1. The summed E-state index contributed by atoms with van der Waals surface area (Å²) in [6.45, 7) is 4.25. The number of nitrogens with one attached hydrogen (secondary N) is 1. The van der Waals surface area contributed by atoms with Gasteiger partial charge in [0.15, 0.2) is 0 Å². The Balaban J connectivity index is 2.53. The maximum absolute atomic E-state index is 5.70. The lowest BCUT2D eigenvalue weighted by atomic mass is 9.96. The summed E-state index contributed by atoms with van der Waals surface area (Å²) in [5, 5.41) is 0. The molecule has 0 aliphatic heterocycles. The number of hydrogen-bond acceptors (Lipinski definition) is 3. The first kappa shape index (κ1) is 12.7. The van der Waals surface area contributed by atoms with Crippen LogP contribution in [0.15, 0.2) is 0 Å². The van der Waals surface area contributed by atoms with Crippen LogP contribution in [0.3, 0.4) is 0 Å². The molecule has 0 atom stereocenters. The van der Waals surface area contributed by atoms with Gasteiger partial charge in [0.1, 0.15) is 16.1 Å². The Bertz CT molecular complexity index is 455. The summed E-state index contributed by atoms with van der Waals surface area (Å²) in [7, 11) is 1.75. The molecule has 0 radical (unpaired) electrons. The van der Waals surface area contributed by atoms with Crippen LogP contribution >= 0.6 is 12.2 Å². The van der Waals surface area contributed by atoms with Gasteiger partial charge in [0, 0.05) is 18.4 Å². The molecule has 1 N–H and O–H groups in total. The molecule has 0 amide bonds. The van der Waals surface area contributed by atoms with E-state index in [9.17, 15) is 0 Å². The number of aryl methyl sites for hydroxylation is 1. The van der Waals surface area contributed by atoms with Gasteiger partial charge in [-0.1, -0.05) is 26.1 Å². The predicted molar refractivity (Wildman–Crippen MR) is 70.7 cm³/mol. The number of hydrogen-bond donors (Lipinski definition) is 1. The number of aromatic amines is 1. The lowest BCUT2D eigenvalue weighted by Crippen LogP contribution is -2.30. The van der Waals surface area contributed by atoms with Gasteiger partial charge in [-0.2, -0.15) is 0 Å². The molecule has 94 valence electrons. The number of nitrogens with zero attached hydrogens (tertiary/aromatic N) is 1. The molecule has 4 heteroatoms. The molecule has 1 aliphatic carbocycles. The summed E-state index contributed by atoms with van der Waals surface area (Å²) >= 11 is 5.39. The van der Waals surface area contributed by atoms with Crippen LogP contribution in [0.2, 0.25) is 0 Å². The Morgan fingerprint density at radius 3 is 2.65 bits per heavy atom. The Labute approximate surface area is 108 Å². The van der Waals surface area contributed by atoms with E-state index in [0.29, 0.717) is 0 Å². The monoisotopic (exact) mass is 252 g/mol. The van der Waals surface area contributed by atoms with Crippen molar-refractivity contribution in [2.45, 2.75) is 51.6 Å². The molecule has 2 rings (SSSR count). The van der Waals surface area contributed by atoms with Crippen molar-refractivity contribution >= 4 is 12.2 Å². The third-order valence-corrected chi connectivity index (χ3v) is 4.26. The standard InChI is InChI=1S/C13H20N2OS/c1-4-13(5-2,16-3)12-14-10-8-6-7-9(10)11(17)15-12/h4-8H2,1-3H3,(H,14,15,17). The maximum atomic E-state index is 5.70. The highest BCUT2D eigenvalue weighted by Gasteiger charge is 2.32. The maximum Gasteiger partial charge on any atom is 0.140 e. The molecule has 0 spiro atoms. The van der Waals surface area contributed by atoms with Crippen LogP contribution in [0.1, 0.15) is 50.2 Å². The zero-order valence-corrected chi connectivity index (χ0v) is 11.6. The molecule has 1 aromatic heterocycles. The SMILES string of the molecule is CCC(CC)(OC)c1nc(=S)c2c([nH]1)CCC2. The quantitative estimate of drug-likeness (QED) is 0.836. The van der Waals surface area contributed by atoms with Gasteiger partial charge < -0.3 is 9.72 Å². The molecule has 1 heterocycles. The molecule has 0 saturated heterocycles. The minimum absolute atomic E-state index is 0.314. The summed E-state index contributed by atoms with van der Waals surface area (Å²) in [5.41, 5.74) is 2.19. The van der Waals surface area contributed by atoms with Gasteiger partial charge in [0.25, 0.3) is 0 Å². The topological polar surface area (TPSA) is 37.9 Å². The first-order chi connectivity index (χ1) is 8.16. The largest absolute Gasteiger partial charge is 0.370 e. The second kappa shape index (κ2) is 4.86. The Hall–Kier alpha value is -0.740. The lowest BCUT2D eigenvalue weighted by Gasteiger charge is -2.29. The molecular formula is C13H20N2OS. The molecule has 0 fully saturated rings. The van der Waals surface area contributed by atoms with Gasteiger partial charge in [-0.3, -0.25) is 0 Å². The van der Waals surface area contributed by atoms with E-state index in [1.54, 1.807) is 7.11 Å². The van der Waals surface area contributed by atoms with Crippen LogP contribution in [0.25, 0.3) is 0 Å². The Morgan fingerprint density at radius 2 is 2.06 bits per heavy atom. The number of ether oxygens (including phenoxy) is 1. The van der Waals surface area contributed by atoms with E-state index in [-0.39, 0.29) is 5.60 Å². The number of methoxy groups -OCH3 is 1. The Morgan fingerprint density at radius 1 is 1.35 bits per heavy atom. The van der Waals surface area contributed by atoms with E-state index in [0.717, 1.165) is 36.1 Å². The van der Waals surface area contributed by atoms with Crippen LogP contribution in [-0.4, -0.2) is 17.1 Å². The fourth-order valence-electron chi connectivity index (χ4n) is 2.64. The second-order valence-corrected chi connectivity index (χ2v) is 4.99. The van der Waals surface area contributed by atoms with E-state index in [1.807, 2.05) is 0 Å². The van der Waals surface area contributed by atoms with Crippen molar-refractivity contribution in [1.29, 1.82) is 0 Å². The number of rotatable bonds is 4. The van der Waals surface area contributed by atoms with Crippen molar-refractivity contribution in [2.24, 2.45) is 0 Å². The van der Waals surface area contributed by atoms with Crippen molar-refractivity contribution in [3.8, 4) is 0 Å². The van der Waals surface area contributed by atoms with Crippen LogP contribution in [0, 0.1) is 4.64 Å². The van der Waals surface area contributed by atoms with E-state index >= 15 is 0 Å². The molecule has 0 aromatic carbocycles. The molecule has 1 aromatic rings. The van der Waals surface area contributed by atoms with Crippen molar-refractivity contribution in [3.05, 3.63) is 21.7 Å². The van der Waals surface area contributed by atoms with E-state index in [2.05, 4.69) is 23.8 Å². The van der Waals surface area contributed by atoms with Gasteiger partial charge in [0.05, 0.1) is 0 Å². The summed E-state index contributed by atoms with van der Waals surface area (Å²) in [4.78, 5) is 8.02. The highest BCUT2D eigenvalue weighted by molar-refractivity contribution is 7.71. The number of H-pyrrole nitrogens is 1. The zero-order valence-electron chi connectivity index (χ0n) is 10.8. The van der Waals surface area contributed by atoms with Crippen molar-refractivity contribution in [3.63, 3.8) is 0 Å².